The maximum Gasteiger partial charge on any atom is 0.226 e. The van der Waals surface area contributed by atoms with Crippen molar-refractivity contribution in [1.82, 2.24) is 4.98 Å². The van der Waals surface area contributed by atoms with Crippen LogP contribution in [0.15, 0.2) is 18.2 Å². The molecular formula is C18H22N2O2S. The summed E-state index contributed by atoms with van der Waals surface area (Å²) in [6, 6.07) is 5.86. The van der Waals surface area contributed by atoms with Crippen LogP contribution < -0.4 is 10.1 Å². The number of nitrogens with zero attached hydrogens (tertiary/aromatic N) is 1. The zero-order valence-electron chi connectivity index (χ0n) is 13.4. The molecule has 4 rings (SSSR count). The lowest BCUT2D eigenvalue weighted by molar-refractivity contribution is -0.117. The SMILES string of the molecule is CCOc1ccc2nc(NC(=O)C[C@H]3C[C@@H]4CC[C@@H]3C4)sc2c1. The molecule has 122 valence electrons. The van der Waals surface area contributed by atoms with Crippen LogP contribution in [0, 0.1) is 17.8 Å². The molecule has 1 heterocycles. The molecule has 1 aromatic heterocycles. The summed E-state index contributed by atoms with van der Waals surface area (Å²) in [7, 11) is 0. The number of rotatable bonds is 5. The molecule has 0 aliphatic heterocycles. The highest BCUT2D eigenvalue weighted by atomic mass is 32.1. The Morgan fingerprint density at radius 1 is 1.39 bits per heavy atom. The van der Waals surface area contributed by atoms with Crippen LogP contribution in [0.2, 0.25) is 0 Å². The molecule has 1 amide bonds. The first-order chi connectivity index (χ1) is 11.2. The Kier molecular flexibility index (Phi) is 3.97. The molecule has 5 heteroatoms. The van der Waals surface area contributed by atoms with Crippen LogP contribution in [0.5, 0.6) is 5.75 Å². The van der Waals surface area contributed by atoms with E-state index in [0.29, 0.717) is 24.1 Å². The van der Waals surface area contributed by atoms with Gasteiger partial charge in [-0.3, -0.25) is 4.79 Å². The van der Waals surface area contributed by atoms with E-state index in [1.165, 1.54) is 37.0 Å². The third-order valence-electron chi connectivity index (χ3n) is 5.25. The maximum absolute atomic E-state index is 12.3. The van der Waals surface area contributed by atoms with Crippen molar-refractivity contribution in [1.29, 1.82) is 0 Å². The average molecular weight is 330 g/mol. The summed E-state index contributed by atoms with van der Waals surface area (Å²) in [4.78, 5) is 16.8. The molecule has 4 nitrogen and oxygen atoms in total. The van der Waals surface area contributed by atoms with E-state index in [1.54, 1.807) is 0 Å². The molecule has 2 aliphatic carbocycles. The van der Waals surface area contributed by atoms with Gasteiger partial charge in [0.25, 0.3) is 0 Å². The van der Waals surface area contributed by atoms with Crippen LogP contribution in [0.4, 0.5) is 5.13 Å². The number of amides is 1. The van der Waals surface area contributed by atoms with E-state index >= 15 is 0 Å². The molecule has 1 N–H and O–H groups in total. The summed E-state index contributed by atoms with van der Waals surface area (Å²) < 4.78 is 6.56. The van der Waals surface area contributed by atoms with Gasteiger partial charge < -0.3 is 10.1 Å². The first kappa shape index (κ1) is 14.9. The van der Waals surface area contributed by atoms with Crippen molar-refractivity contribution in [3.63, 3.8) is 0 Å². The van der Waals surface area contributed by atoms with Gasteiger partial charge >= 0.3 is 0 Å². The number of fused-ring (bicyclic) bond motifs is 3. The third-order valence-corrected chi connectivity index (χ3v) is 6.18. The summed E-state index contributed by atoms with van der Waals surface area (Å²) in [5, 5.41) is 3.69. The second-order valence-corrected chi connectivity index (χ2v) is 7.80. The molecule has 2 saturated carbocycles. The molecule has 2 bridgehead atoms. The Hall–Kier alpha value is -1.62. The zero-order valence-corrected chi connectivity index (χ0v) is 14.2. The molecule has 1 aromatic carbocycles. The number of benzene rings is 1. The molecule has 0 radical (unpaired) electrons. The Bertz CT molecular complexity index is 727. The number of nitrogens with one attached hydrogen (secondary N) is 1. The van der Waals surface area contributed by atoms with Crippen LogP contribution >= 0.6 is 11.3 Å². The van der Waals surface area contributed by atoms with Crippen LogP contribution in [-0.2, 0) is 4.79 Å². The molecule has 2 fully saturated rings. The van der Waals surface area contributed by atoms with Crippen LogP contribution in [0.1, 0.15) is 39.0 Å². The van der Waals surface area contributed by atoms with Gasteiger partial charge in [-0.25, -0.2) is 4.98 Å². The maximum atomic E-state index is 12.3. The standard InChI is InChI=1S/C18H22N2O2S/c1-2-22-14-5-6-15-16(10-14)23-18(19-15)20-17(21)9-13-8-11-3-4-12(13)7-11/h5-6,10-13H,2-4,7-9H2,1H3,(H,19,20,21)/t11-,12-,13-/m1/s1. The van der Waals surface area contributed by atoms with Gasteiger partial charge in [0.1, 0.15) is 5.75 Å². The largest absolute Gasteiger partial charge is 0.494 e. The van der Waals surface area contributed by atoms with Gasteiger partial charge in [0, 0.05) is 6.42 Å². The normalized spacial score (nSPS) is 25.9. The van der Waals surface area contributed by atoms with Crippen molar-refractivity contribution in [3.05, 3.63) is 18.2 Å². The quantitative estimate of drug-likeness (QED) is 0.880. The lowest BCUT2D eigenvalue weighted by Gasteiger charge is -2.20. The lowest BCUT2D eigenvalue weighted by Crippen LogP contribution is -2.20. The molecule has 0 saturated heterocycles. The first-order valence-corrected chi connectivity index (χ1v) is 9.36. The first-order valence-electron chi connectivity index (χ1n) is 8.54. The Morgan fingerprint density at radius 2 is 2.30 bits per heavy atom. The Balaban J connectivity index is 1.41. The lowest BCUT2D eigenvalue weighted by atomic mass is 9.86. The number of ether oxygens (including phenoxy) is 1. The highest BCUT2D eigenvalue weighted by Gasteiger charge is 2.40. The number of carbonyl (C=O) groups excluding carboxylic acids is 1. The van der Waals surface area contributed by atoms with Gasteiger partial charge in [0.05, 0.1) is 16.8 Å². The van der Waals surface area contributed by atoms with E-state index in [2.05, 4.69) is 10.3 Å². The van der Waals surface area contributed by atoms with Gasteiger partial charge in [-0.2, -0.15) is 0 Å². The van der Waals surface area contributed by atoms with Crippen molar-refractivity contribution >= 4 is 32.6 Å². The molecule has 2 aliphatic rings. The molecular weight excluding hydrogens is 308 g/mol. The van der Waals surface area contributed by atoms with E-state index < -0.39 is 0 Å². The summed E-state index contributed by atoms with van der Waals surface area (Å²) in [5.41, 5.74) is 0.911. The highest BCUT2D eigenvalue weighted by molar-refractivity contribution is 7.22. The fourth-order valence-electron chi connectivity index (χ4n) is 4.25. The number of hydrogen-bond donors (Lipinski definition) is 1. The number of anilines is 1. The second kappa shape index (κ2) is 6.11. The summed E-state index contributed by atoms with van der Waals surface area (Å²) >= 11 is 1.52. The molecule has 0 spiro atoms. The molecule has 3 atom stereocenters. The molecule has 0 unspecified atom stereocenters. The summed E-state index contributed by atoms with van der Waals surface area (Å²) in [5.74, 6) is 3.23. The predicted molar refractivity (Wildman–Crippen MR) is 93.0 cm³/mol. The van der Waals surface area contributed by atoms with Crippen LogP contribution in [-0.4, -0.2) is 17.5 Å². The summed E-state index contributed by atoms with van der Waals surface area (Å²) in [6.45, 7) is 2.62. The second-order valence-electron chi connectivity index (χ2n) is 6.77. The fourth-order valence-corrected chi connectivity index (χ4v) is 5.16. The van der Waals surface area contributed by atoms with E-state index in [1.807, 2.05) is 25.1 Å². The Morgan fingerprint density at radius 3 is 3.04 bits per heavy atom. The van der Waals surface area contributed by atoms with E-state index in [0.717, 1.165) is 27.8 Å². The van der Waals surface area contributed by atoms with Crippen LogP contribution in [0.25, 0.3) is 10.2 Å². The topological polar surface area (TPSA) is 51.2 Å². The average Bonchev–Trinajstić information content (AvgIpc) is 3.21. The minimum Gasteiger partial charge on any atom is -0.494 e. The van der Waals surface area contributed by atoms with E-state index in [9.17, 15) is 4.79 Å². The summed E-state index contributed by atoms with van der Waals surface area (Å²) in [6.07, 6.45) is 5.95. The molecule has 23 heavy (non-hydrogen) atoms. The van der Waals surface area contributed by atoms with Crippen molar-refractivity contribution in [2.75, 3.05) is 11.9 Å². The number of carbonyl (C=O) groups is 1. The van der Waals surface area contributed by atoms with Crippen molar-refractivity contribution < 1.29 is 9.53 Å². The van der Waals surface area contributed by atoms with Gasteiger partial charge in [-0.1, -0.05) is 17.8 Å². The minimum atomic E-state index is 0.117. The van der Waals surface area contributed by atoms with Gasteiger partial charge in [-0.05, 0) is 62.1 Å². The van der Waals surface area contributed by atoms with Crippen molar-refractivity contribution in [2.45, 2.75) is 39.0 Å². The minimum absolute atomic E-state index is 0.117. The van der Waals surface area contributed by atoms with Crippen molar-refractivity contribution in [2.24, 2.45) is 17.8 Å². The Labute approximate surface area is 140 Å². The zero-order chi connectivity index (χ0) is 15.8. The monoisotopic (exact) mass is 330 g/mol. The van der Waals surface area contributed by atoms with E-state index in [-0.39, 0.29) is 5.91 Å². The predicted octanol–water partition coefficient (Wildman–Crippen LogP) is 4.46. The van der Waals surface area contributed by atoms with Gasteiger partial charge in [-0.15, -0.1) is 0 Å². The number of aromatic nitrogens is 1. The molecule has 2 aromatic rings. The van der Waals surface area contributed by atoms with Crippen molar-refractivity contribution in [3.8, 4) is 5.75 Å². The smallest absolute Gasteiger partial charge is 0.226 e. The third kappa shape index (κ3) is 3.07. The van der Waals surface area contributed by atoms with Gasteiger partial charge in [0.15, 0.2) is 5.13 Å². The number of hydrogen-bond acceptors (Lipinski definition) is 4. The highest BCUT2D eigenvalue weighted by Crippen LogP contribution is 2.49. The van der Waals surface area contributed by atoms with E-state index in [4.69, 9.17) is 4.74 Å². The fraction of sp³-hybridized carbons (Fsp3) is 0.556. The number of thiazole rings is 1. The van der Waals surface area contributed by atoms with Gasteiger partial charge in [0.2, 0.25) is 5.91 Å². The van der Waals surface area contributed by atoms with Crippen LogP contribution in [0.3, 0.4) is 0 Å².